The molecule has 0 aliphatic carbocycles. The fourth-order valence-electron chi connectivity index (χ4n) is 9.14. The standard InChI is InChI=1S/C56H111NO5/c1-4-7-10-13-16-19-22-24-26-27-29-31-34-37-40-43-46-49-56(61)62-52(47-44-41-38-35-33-30-28-25-23-20-17-14-11-8-5-2)50-55(60)57-53(51-58)54(59)48-45-42-39-36-32-21-18-15-12-9-6-3/h52-54,58-59H,4-51H2,1-3H3,(H,57,60). The minimum absolute atomic E-state index is 0.0883. The molecule has 0 spiro atoms. The monoisotopic (exact) mass is 878 g/mol. The summed E-state index contributed by atoms with van der Waals surface area (Å²) in [5, 5.41) is 23.8. The highest BCUT2D eigenvalue weighted by molar-refractivity contribution is 5.77. The van der Waals surface area contributed by atoms with Crippen LogP contribution in [0.15, 0.2) is 0 Å². The lowest BCUT2D eigenvalue weighted by Crippen LogP contribution is -2.46. The van der Waals surface area contributed by atoms with Crippen LogP contribution in [0.3, 0.4) is 0 Å². The Balaban J connectivity index is 4.48. The highest BCUT2D eigenvalue weighted by Gasteiger charge is 2.24. The van der Waals surface area contributed by atoms with E-state index in [2.05, 4.69) is 26.1 Å². The van der Waals surface area contributed by atoms with Gasteiger partial charge in [-0.3, -0.25) is 9.59 Å². The molecular formula is C56H111NO5. The molecule has 6 heteroatoms. The summed E-state index contributed by atoms with van der Waals surface area (Å²) in [5.41, 5.74) is 0. The number of aliphatic hydroxyl groups is 2. The molecule has 3 unspecified atom stereocenters. The van der Waals surface area contributed by atoms with Crippen molar-refractivity contribution in [2.24, 2.45) is 0 Å². The lowest BCUT2D eigenvalue weighted by atomic mass is 10.0. The number of nitrogens with one attached hydrogen (secondary N) is 1. The van der Waals surface area contributed by atoms with Crippen molar-refractivity contribution < 1.29 is 24.5 Å². The van der Waals surface area contributed by atoms with E-state index in [1.165, 1.54) is 238 Å². The van der Waals surface area contributed by atoms with E-state index in [4.69, 9.17) is 4.74 Å². The predicted octanol–water partition coefficient (Wildman–Crippen LogP) is 17.1. The first kappa shape index (κ1) is 60.9. The number of hydrogen-bond acceptors (Lipinski definition) is 5. The summed E-state index contributed by atoms with van der Waals surface area (Å²) in [6.07, 6.45) is 56.0. The Morgan fingerprint density at radius 2 is 0.677 bits per heavy atom. The molecule has 0 fully saturated rings. The number of rotatable bonds is 52. The largest absolute Gasteiger partial charge is 0.462 e. The van der Waals surface area contributed by atoms with Crippen LogP contribution in [0, 0.1) is 0 Å². The number of esters is 1. The van der Waals surface area contributed by atoms with Crippen LogP contribution in [0.25, 0.3) is 0 Å². The van der Waals surface area contributed by atoms with Crippen LogP contribution in [0.4, 0.5) is 0 Å². The Labute approximate surface area is 387 Å². The molecule has 3 N–H and O–H groups in total. The van der Waals surface area contributed by atoms with Crippen molar-refractivity contribution in [3.63, 3.8) is 0 Å². The molecule has 0 heterocycles. The average Bonchev–Trinajstić information content (AvgIpc) is 3.26. The number of ether oxygens (including phenoxy) is 1. The molecule has 0 aliphatic rings. The molecule has 0 aromatic rings. The van der Waals surface area contributed by atoms with Gasteiger partial charge in [0.1, 0.15) is 6.10 Å². The topological polar surface area (TPSA) is 95.9 Å². The van der Waals surface area contributed by atoms with Crippen LogP contribution in [0.2, 0.25) is 0 Å². The van der Waals surface area contributed by atoms with Crippen molar-refractivity contribution in [1.82, 2.24) is 5.32 Å². The zero-order valence-electron chi connectivity index (χ0n) is 42.3. The molecule has 370 valence electrons. The first-order valence-corrected chi connectivity index (χ1v) is 28.3. The van der Waals surface area contributed by atoms with E-state index in [0.717, 1.165) is 38.5 Å². The van der Waals surface area contributed by atoms with Gasteiger partial charge in [-0.1, -0.05) is 284 Å². The number of carbonyl (C=O) groups is 2. The second-order valence-corrected chi connectivity index (χ2v) is 19.7. The van der Waals surface area contributed by atoms with E-state index in [-0.39, 0.29) is 24.9 Å². The van der Waals surface area contributed by atoms with Gasteiger partial charge in [0.15, 0.2) is 0 Å². The van der Waals surface area contributed by atoms with E-state index < -0.39 is 18.2 Å². The molecular weight excluding hydrogens is 767 g/mol. The zero-order chi connectivity index (χ0) is 45.2. The lowest BCUT2D eigenvalue weighted by Gasteiger charge is -2.24. The summed E-state index contributed by atoms with van der Waals surface area (Å²) in [6, 6.07) is -0.692. The van der Waals surface area contributed by atoms with Crippen LogP contribution in [0.1, 0.15) is 323 Å². The minimum atomic E-state index is -0.779. The molecule has 0 aromatic heterocycles. The number of hydrogen-bond donors (Lipinski definition) is 3. The zero-order valence-corrected chi connectivity index (χ0v) is 42.3. The minimum Gasteiger partial charge on any atom is -0.462 e. The number of unbranched alkanes of at least 4 members (excludes halogenated alkanes) is 40. The number of carbonyl (C=O) groups excluding carboxylic acids is 2. The second kappa shape index (κ2) is 50.9. The Morgan fingerprint density at radius 1 is 0.403 bits per heavy atom. The molecule has 0 aromatic carbocycles. The molecule has 62 heavy (non-hydrogen) atoms. The Hall–Kier alpha value is -1.14. The fraction of sp³-hybridized carbons (Fsp3) is 0.964. The van der Waals surface area contributed by atoms with Crippen LogP contribution < -0.4 is 5.32 Å². The Bertz CT molecular complexity index is 898. The van der Waals surface area contributed by atoms with Gasteiger partial charge in [0.2, 0.25) is 5.91 Å². The third kappa shape index (κ3) is 45.4. The molecule has 0 aliphatic heterocycles. The molecule has 0 rings (SSSR count). The van der Waals surface area contributed by atoms with Gasteiger partial charge in [-0.2, -0.15) is 0 Å². The normalized spacial score (nSPS) is 13.0. The molecule has 1 amide bonds. The average molecular weight is 879 g/mol. The highest BCUT2D eigenvalue weighted by Crippen LogP contribution is 2.19. The van der Waals surface area contributed by atoms with Gasteiger partial charge < -0.3 is 20.3 Å². The van der Waals surface area contributed by atoms with E-state index in [1.807, 2.05) is 0 Å². The summed E-state index contributed by atoms with van der Waals surface area (Å²) in [4.78, 5) is 26.2. The van der Waals surface area contributed by atoms with Gasteiger partial charge >= 0.3 is 5.97 Å². The van der Waals surface area contributed by atoms with Crippen molar-refractivity contribution >= 4 is 11.9 Å². The first-order valence-electron chi connectivity index (χ1n) is 28.3. The quantitative estimate of drug-likeness (QED) is 0.0418. The van der Waals surface area contributed by atoms with Gasteiger partial charge in [-0.25, -0.2) is 0 Å². The molecule has 0 radical (unpaired) electrons. The summed E-state index contributed by atoms with van der Waals surface area (Å²) in [5.74, 6) is -0.446. The summed E-state index contributed by atoms with van der Waals surface area (Å²) in [7, 11) is 0. The smallest absolute Gasteiger partial charge is 0.306 e. The second-order valence-electron chi connectivity index (χ2n) is 19.7. The van der Waals surface area contributed by atoms with Crippen molar-refractivity contribution in [3.8, 4) is 0 Å². The van der Waals surface area contributed by atoms with Gasteiger partial charge in [0.05, 0.1) is 25.2 Å². The number of amides is 1. The van der Waals surface area contributed by atoms with E-state index in [9.17, 15) is 19.8 Å². The maximum atomic E-state index is 13.2. The van der Waals surface area contributed by atoms with Crippen molar-refractivity contribution in [3.05, 3.63) is 0 Å². The van der Waals surface area contributed by atoms with Gasteiger partial charge in [0, 0.05) is 6.42 Å². The van der Waals surface area contributed by atoms with Gasteiger partial charge in [0.25, 0.3) is 0 Å². The van der Waals surface area contributed by atoms with Gasteiger partial charge in [-0.15, -0.1) is 0 Å². The lowest BCUT2D eigenvalue weighted by molar-refractivity contribution is -0.151. The van der Waals surface area contributed by atoms with Crippen molar-refractivity contribution in [1.29, 1.82) is 0 Å². The summed E-state index contributed by atoms with van der Waals surface area (Å²) < 4.78 is 5.96. The third-order valence-electron chi connectivity index (χ3n) is 13.4. The van der Waals surface area contributed by atoms with Gasteiger partial charge in [-0.05, 0) is 25.7 Å². The van der Waals surface area contributed by atoms with E-state index >= 15 is 0 Å². The van der Waals surface area contributed by atoms with Crippen LogP contribution >= 0.6 is 0 Å². The van der Waals surface area contributed by atoms with Crippen molar-refractivity contribution in [2.45, 2.75) is 341 Å². The maximum Gasteiger partial charge on any atom is 0.306 e. The van der Waals surface area contributed by atoms with Crippen LogP contribution in [-0.2, 0) is 14.3 Å². The first-order chi connectivity index (χ1) is 30.5. The van der Waals surface area contributed by atoms with Crippen LogP contribution in [-0.4, -0.2) is 46.9 Å². The van der Waals surface area contributed by atoms with E-state index in [1.54, 1.807) is 0 Å². The van der Waals surface area contributed by atoms with Crippen molar-refractivity contribution in [2.75, 3.05) is 6.61 Å². The molecule has 6 nitrogen and oxygen atoms in total. The SMILES string of the molecule is CCCCCCCCCCCCCCCCCCCC(=O)OC(CCCCCCCCCCCCCCCCC)CC(=O)NC(CO)C(O)CCCCCCCCCCCCC. The maximum absolute atomic E-state index is 13.2. The number of aliphatic hydroxyl groups excluding tert-OH is 2. The molecule has 0 saturated carbocycles. The fourth-order valence-corrected chi connectivity index (χ4v) is 9.14. The van der Waals surface area contributed by atoms with Crippen LogP contribution in [0.5, 0.6) is 0 Å². The predicted molar refractivity (Wildman–Crippen MR) is 269 cm³/mol. The summed E-state index contributed by atoms with van der Waals surface area (Å²) >= 11 is 0. The Morgan fingerprint density at radius 3 is 0.984 bits per heavy atom. The highest BCUT2D eigenvalue weighted by atomic mass is 16.5. The van der Waals surface area contributed by atoms with E-state index in [0.29, 0.717) is 19.3 Å². The summed E-state index contributed by atoms with van der Waals surface area (Å²) in [6.45, 7) is 6.52. The Kier molecular flexibility index (Phi) is 49.9. The molecule has 3 atom stereocenters. The molecule has 0 bridgehead atoms. The third-order valence-corrected chi connectivity index (χ3v) is 13.4. The molecule has 0 saturated heterocycles.